The number of halogens is 2. The first-order chi connectivity index (χ1) is 11.5. The van der Waals surface area contributed by atoms with Crippen LogP contribution in [-0.4, -0.2) is 25.6 Å². The van der Waals surface area contributed by atoms with Crippen LogP contribution in [0.15, 0.2) is 59.5 Å². The summed E-state index contributed by atoms with van der Waals surface area (Å²) in [6.45, 7) is 7.29. The van der Waals surface area contributed by atoms with Crippen molar-refractivity contribution in [2.45, 2.75) is 4.90 Å². The first-order valence-electron chi connectivity index (χ1n) is 5.90. The molecule has 2 aromatic rings. The Kier molecular flexibility index (Phi) is 16.0. The second-order valence-corrected chi connectivity index (χ2v) is 8.97. The molecule has 0 aliphatic rings. The van der Waals surface area contributed by atoms with Gasteiger partial charge in [-0.05, 0) is 0 Å². The molecular formula is C14H14Cl2O6PtS2. The molecule has 0 bridgehead atoms. The minimum atomic E-state index is -4.05. The molecule has 6 nitrogen and oxygen atoms in total. The fraction of sp³-hybridized carbons (Fsp3) is 0. The summed E-state index contributed by atoms with van der Waals surface area (Å²) < 4.78 is 54.8. The molecule has 0 aromatic heterocycles. The van der Waals surface area contributed by atoms with Crippen molar-refractivity contribution in [2.75, 3.05) is 0 Å². The molecule has 25 heavy (non-hydrogen) atoms. The van der Waals surface area contributed by atoms with Crippen LogP contribution in [0.1, 0.15) is 11.1 Å². The molecule has 0 aliphatic heterocycles. The summed E-state index contributed by atoms with van der Waals surface area (Å²) in [7, 11) is 2.59. The van der Waals surface area contributed by atoms with Gasteiger partial charge in [0.25, 0.3) is 10.1 Å². The molecule has 0 fully saturated rings. The van der Waals surface area contributed by atoms with Crippen molar-refractivity contribution in [1.29, 1.82) is 0 Å². The summed E-state index contributed by atoms with van der Waals surface area (Å²) in [6, 6.07) is 15.5. The van der Waals surface area contributed by atoms with Crippen LogP contribution < -0.4 is 0 Å². The summed E-state index contributed by atoms with van der Waals surface area (Å²) in [5.41, 5.74) is 1.78. The standard InChI is InChI=1S/C7H7O3S.C7H7.2ClH.O3S.Pt/c1-6-2-4-7(5-3-6)11(8,9)10;1-7-5-3-2-4-6-7;;;1-4(2)3;/h2-5H,1H2,(H,8,9,10);2-6H,1H2;2*1H;;/q2*-1;;;;+4/p-2. The van der Waals surface area contributed by atoms with Gasteiger partial charge < -0.3 is 0 Å². The van der Waals surface area contributed by atoms with E-state index in [1.165, 1.54) is 24.3 Å². The van der Waals surface area contributed by atoms with Crippen molar-refractivity contribution in [2.24, 2.45) is 0 Å². The van der Waals surface area contributed by atoms with E-state index in [9.17, 15) is 8.42 Å². The predicted octanol–water partition coefficient (Wildman–Crippen LogP) is 3.36. The first-order valence-corrected chi connectivity index (χ1v) is 14.0. The Morgan fingerprint density at radius 3 is 1.40 bits per heavy atom. The van der Waals surface area contributed by atoms with Crippen molar-refractivity contribution < 1.29 is 42.1 Å². The van der Waals surface area contributed by atoms with Crippen molar-refractivity contribution in [3.63, 3.8) is 0 Å². The van der Waals surface area contributed by atoms with Crippen LogP contribution in [0.25, 0.3) is 0 Å². The van der Waals surface area contributed by atoms with E-state index in [1.807, 2.05) is 30.3 Å². The quantitative estimate of drug-likeness (QED) is 0.394. The van der Waals surface area contributed by atoms with Crippen LogP contribution in [0.5, 0.6) is 0 Å². The average molecular weight is 608 g/mol. The molecule has 0 aliphatic carbocycles. The molecule has 0 unspecified atom stereocenters. The van der Waals surface area contributed by atoms with Gasteiger partial charge in [0.05, 0.1) is 4.90 Å². The number of benzene rings is 2. The molecule has 0 heterocycles. The third-order valence-corrected chi connectivity index (χ3v) is 2.93. The van der Waals surface area contributed by atoms with Crippen LogP contribution in [0.2, 0.25) is 0 Å². The molecule has 142 valence electrons. The zero-order valence-corrected chi connectivity index (χ0v) is 17.9. The van der Waals surface area contributed by atoms with Gasteiger partial charge in [-0.15, -0.1) is 24.8 Å². The van der Waals surface area contributed by atoms with Gasteiger partial charge in [-0.2, -0.15) is 57.7 Å². The van der Waals surface area contributed by atoms with Crippen molar-refractivity contribution >= 4 is 39.6 Å². The molecule has 2 aromatic carbocycles. The number of hydrogen-bond acceptors (Lipinski definition) is 5. The molecule has 11 heteroatoms. The second kappa shape index (κ2) is 15.3. The van der Waals surface area contributed by atoms with E-state index in [0.29, 0.717) is 5.56 Å². The minimum absolute atomic E-state index is 0.107. The van der Waals surface area contributed by atoms with Gasteiger partial charge >= 0.3 is 45.9 Å². The van der Waals surface area contributed by atoms with Gasteiger partial charge in [-0.25, -0.2) is 0 Å². The zero-order chi connectivity index (χ0) is 19.9. The maximum absolute atomic E-state index is 10.5. The molecule has 0 spiro atoms. The molecule has 0 saturated carbocycles. The Morgan fingerprint density at radius 2 is 1.16 bits per heavy atom. The fourth-order valence-corrected chi connectivity index (χ4v) is 1.62. The summed E-state index contributed by atoms with van der Waals surface area (Å²) in [5.74, 6) is 0. The SMILES string of the molecule is O=S(=O)=O.[CH2-]c1ccc(S(=O)(=O)O)cc1.[CH2-]c1ccccc1.[Cl][Pt+2][Cl]. The summed E-state index contributed by atoms with van der Waals surface area (Å²) in [4.78, 5) is -0.107. The van der Waals surface area contributed by atoms with Gasteiger partial charge in [0, 0.05) is 0 Å². The van der Waals surface area contributed by atoms with Gasteiger partial charge in [0.2, 0.25) is 0 Å². The predicted molar refractivity (Wildman–Crippen MR) is 93.0 cm³/mol. The Morgan fingerprint density at radius 1 is 0.840 bits per heavy atom. The third-order valence-electron chi connectivity index (χ3n) is 2.06. The van der Waals surface area contributed by atoms with Crippen molar-refractivity contribution in [1.82, 2.24) is 0 Å². The average Bonchev–Trinajstić information content (AvgIpc) is 2.48. The van der Waals surface area contributed by atoms with E-state index < -0.39 is 37.2 Å². The van der Waals surface area contributed by atoms with E-state index in [2.05, 4.69) is 13.8 Å². The van der Waals surface area contributed by atoms with Crippen LogP contribution in [0.4, 0.5) is 0 Å². The molecule has 0 saturated heterocycles. The number of rotatable bonds is 1. The Labute approximate surface area is 165 Å². The van der Waals surface area contributed by atoms with E-state index in [0.717, 1.165) is 5.56 Å². The Balaban J connectivity index is 0. The molecule has 1 N–H and O–H groups in total. The second-order valence-electron chi connectivity index (χ2n) is 3.85. The van der Waals surface area contributed by atoms with E-state index in [4.69, 9.17) is 36.0 Å². The summed E-state index contributed by atoms with van der Waals surface area (Å²) >= 11 is -0.472. The summed E-state index contributed by atoms with van der Waals surface area (Å²) in [6.07, 6.45) is 0. The molecule has 0 atom stereocenters. The van der Waals surface area contributed by atoms with Gasteiger partial charge in [0.15, 0.2) is 0 Å². The molecular weight excluding hydrogens is 594 g/mol. The third kappa shape index (κ3) is 19.2. The van der Waals surface area contributed by atoms with Gasteiger partial charge in [-0.1, -0.05) is 18.2 Å². The maximum atomic E-state index is 10.5. The van der Waals surface area contributed by atoms with Crippen molar-refractivity contribution in [3.8, 4) is 0 Å². The molecule has 2 rings (SSSR count). The topological polar surface area (TPSA) is 106 Å². The van der Waals surface area contributed by atoms with Gasteiger partial charge in [0.1, 0.15) is 0 Å². The van der Waals surface area contributed by atoms with Crippen molar-refractivity contribution in [3.05, 3.63) is 79.6 Å². The van der Waals surface area contributed by atoms with Crippen LogP contribution in [-0.2, 0) is 37.2 Å². The Hall–Kier alpha value is -1.02. The number of hydrogen-bond donors (Lipinski definition) is 1. The van der Waals surface area contributed by atoms with Crippen LogP contribution in [0.3, 0.4) is 0 Å². The van der Waals surface area contributed by atoms with Crippen LogP contribution in [0, 0.1) is 13.8 Å². The first kappa shape index (κ1) is 26.2. The summed E-state index contributed by atoms with van der Waals surface area (Å²) in [5, 5.41) is 0. The molecule has 0 amide bonds. The van der Waals surface area contributed by atoms with Gasteiger partial charge in [-0.3, -0.25) is 4.55 Å². The monoisotopic (exact) mass is 607 g/mol. The van der Waals surface area contributed by atoms with Crippen LogP contribution >= 0.6 is 18.8 Å². The normalized spacial score (nSPS) is 9.24. The van der Waals surface area contributed by atoms with E-state index in [1.54, 1.807) is 0 Å². The fourth-order valence-electron chi connectivity index (χ4n) is 1.14. The molecule has 0 radical (unpaired) electrons. The van der Waals surface area contributed by atoms with E-state index in [-0.39, 0.29) is 4.90 Å². The Bertz CT molecular complexity index is 788. The zero-order valence-electron chi connectivity index (χ0n) is 12.5. The van der Waals surface area contributed by atoms with E-state index >= 15 is 0 Å².